The first-order chi connectivity index (χ1) is 15.5. The van der Waals surface area contributed by atoms with Crippen LogP contribution in [-0.4, -0.2) is 54.1 Å². The van der Waals surface area contributed by atoms with Crippen LogP contribution in [0.1, 0.15) is 36.6 Å². The van der Waals surface area contributed by atoms with Crippen molar-refractivity contribution >= 4 is 17.8 Å². The fourth-order valence-electron chi connectivity index (χ4n) is 4.41. The summed E-state index contributed by atoms with van der Waals surface area (Å²) in [6, 6.07) is 10.3. The lowest BCUT2D eigenvalue weighted by Gasteiger charge is -2.36. The fraction of sp³-hybridized carbons (Fsp3) is 0.480. The van der Waals surface area contributed by atoms with Gasteiger partial charge in [-0.15, -0.1) is 6.58 Å². The molecule has 7 heteroatoms. The zero-order valence-electron chi connectivity index (χ0n) is 19.3. The van der Waals surface area contributed by atoms with Crippen LogP contribution < -0.4 is 15.1 Å². The standard InChI is InChI=1S/C25H34N6O/c1-4-13-26-25(32)31-16-12-22-21(18-31)23(30-14-10-19(2)11-15-30)28-24(27-22)29(3)17-20-8-6-5-7-9-20/h4-9,19H,1,10-18H2,2-3H3,(H,26,32). The highest BCUT2D eigenvalue weighted by molar-refractivity contribution is 5.75. The summed E-state index contributed by atoms with van der Waals surface area (Å²) in [5, 5.41) is 2.90. The molecule has 1 N–H and O–H groups in total. The Morgan fingerprint density at radius 3 is 2.69 bits per heavy atom. The molecule has 0 atom stereocenters. The second-order valence-corrected chi connectivity index (χ2v) is 8.93. The quantitative estimate of drug-likeness (QED) is 0.704. The molecule has 32 heavy (non-hydrogen) atoms. The van der Waals surface area contributed by atoms with Crippen LogP contribution in [0.2, 0.25) is 0 Å². The molecule has 1 fully saturated rings. The Kier molecular flexibility index (Phi) is 6.93. The van der Waals surface area contributed by atoms with Gasteiger partial charge in [0.25, 0.3) is 0 Å². The van der Waals surface area contributed by atoms with Gasteiger partial charge in [-0.1, -0.05) is 43.3 Å². The number of anilines is 2. The predicted octanol–water partition coefficient (Wildman–Crippen LogP) is 3.60. The van der Waals surface area contributed by atoms with Crippen LogP contribution in [0.3, 0.4) is 0 Å². The fourth-order valence-corrected chi connectivity index (χ4v) is 4.41. The van der Waals surface area contributed by atoms with Crippen LogP contribution in [0.5, 0.6) is 0 Å². The van der Waals surface area contributed by atoms with E-state index in [1.54, 1.807) is 6.08 Å². The summed E-state index contributed by atoms with van der Waals surface area (Å²) in [6.45, 7) is 10.4. The number of carbonyl (C=O) groups excluding carboxylic acids is 1. The summed E-state index contributed by atoms with van der Waals surface area (Å²) < 4.78 is 0. The highest BCUT2D eigenvalue weighted by Gasteiger charge is 2.29. The molecule has 1 saturated heterocycles. The minimum absolute atomic E-state index is 0.0564. The number of nitrogens with one attached hydrogen (secondary N) is 1. The van der Waals surface area contributed by atoms with Crippen molar-refractivity contribution < 1.29 is 4.79 Å². The Morgan fingerprint density at radius 2 is 1.97 bits per heavy atom. The molecule has 0 aliphatic carbocycles. The normalized spacial score (nSPS) is 16.4. The average molecular weight is 435 g/mol. The zero-order chi connectivity index (χ0) is 22.5. The largest absolute Gasteiger partial charge is 0.356 e. The Balaban J connectivity index is 1.62. The van der Waals surface area contributed by atoms with Crippen molar-refractivity contribution in [2.45, 2.75) is 39.3 Å². The maximum absolute atomic E-state index is 12.6. The lowest BCUT2D eigenvalue weighted by atomic mass is 9.98. The van der Waals surface area contributed by atoms with Crippen molar-refractivity contribution in [3.63, 3.8) is 0 Å². The van der Waals surface area contributed by atoms with Crippen LogP contribution in [0.15, 0.2) is 43.0 Å². The summed E-state index contributed by atoms with van der Waals surface area (Å²) in [5.41, 5.74) is 3.39. The van der Waals surface area contributed by atoms with Gasteiger partial charge in [-0.3, -0.25) is 0 Å². The van der Waals surface area contributed by atoms with E-state index in [2.05, 4.69) is 59.9 Å². The van der Waals surface area contributed by atoms with Gasteiger partial charge in [0.15, 0.2) is 0 Å². The first-order valence-electron chi connectivity index (χ1n) is 11.6. The summed E-state index contributed by atoms with van der Waals surface area (Å²) in [5.74, 6) is 2.49. The molecule has 2 aliphatic heterocycles. The van der Waals surface area contributed by atoms with Gasteiger partial charge in [0.2, 0.25) is 5.95 Å². The number of piperidine rings is 1. The number of fused-ring (bicyclic) bond motifs is 1. The average Bonchev–Trinajstić information content (AvgIpc) is 2.82. The number of hydrogen-bond donors (Lipinski definition) is 1. The SMILES string of the molecule is C=CCNC(=O)N1CCc2nc(N(C)Cc3ccccc3)nc(N3CCC(C)CC3)c2C1. The number of amides is 2. The maximum atomic E-state index is 12.6. The van der Waals surface area contributed by atoms with E-state index in [1.807, 2.05) is 11.0 Å². The van der Waals surface area contributed by atoms with Gasteiger partial charge in [-0.25, -0.2) is 9.78 Å². The summed E-state index contributed by atoms with van der Waals surface area (Å²) in [7, 11) is 2.05. The van der Waals surface area contributed by atoms with E-state index >= 15 is 0 Å². The lowest BCUT2D eigenvalue weighted by molar-refractivity contribution is 0.193. The van der Waals surface area contributed by atoms with Crippen LogP contribution >= 0.6 is 0 Å². The summed E-state index contributed by atoms with van der Waals surface area (Å²) in [6.07, 6.45) is 4.77. The van der Waals surface area contributed by atoms with Crippen molar-refractivity contribution in [1.29, 1.82) is 0 Å². The topological polar surface area (TPSA) is 64.6 Å². The van der Waals surface area contributed by atoms with Gasteiger partial charge >= 0.3 is 6.03 Å². The third kappa shape index (κ3) is 5.03. The molecule has 7 nitrogen and oxygen atoms in total. The van der Waals surface area contributed by atoms with Gasteiger partial charge in [0.05, 0.1) is 12.2 Å². The molecule has 170 valence electrons. The number of aromatic nitrogens is 2. The van der Waals surface area contributed by atoms with Gasteiger partial charge in [0.1, 0.15) is 5.82 Å². The molecule has 2 aromatic rings. The Labute approximate surface area is 191 Å². The minimum Gasteiger partial charge on any atom is -0.356 e. The van der Waals surface area contributed by atoms with E-state index in [1.165, 1.54) is 5.56 Å². The highest BCUT2D eigenvalue weighted by Crippen LogP contribution is 2.31. The van der Waals surface area contributed by atoms with Crippen LogP contribution in [-0.2, 0) is 19.5 Å². The molecule has 0 radical (unpaired) electrons. The highest BCUT2D eigenvalue weighted by atomic mass is 16.2. The molecule has 0 unspecified atom stereocenters. The van der Waals surface area contributed by atoms with Gasteiger partial charge in [0, 0.05) is 51.8 Å². The number of urea groups is 1. The number of hydrogen-bond acceptors (Lipinski definition) is 5. The van der Waals surface area contributed by atoms with Crippen molar-refractivity contribution in [2.24, 2.45) is 5.92 Å². The maximum Gasteiger partial charge on any atom is 0.317 e. The van der Waals surface area contributed by atoms with E-state index in [4.69, 9.17) is 9.97 Å². The smallest absolute Gasteiger partial charge is 0.317 e. The molecule has 3 heterocycles. The first-order valence-corrected chi connectivity index (χ1v) is 11.6. The second kappa shape index (κ2) is 10.0. The summed E-state index contributed by atoms with van der Waals surface area (Å²) in [4.78, 5) is 29.0. The molecule has 1 aromatic heterocycles. The minimum atomic E-state index is -0.0564. The third-order valence-electron chi connectivity index (χ3n) is 6.40. The van der Waals surface area contributed by atoms with E-state index in [0.717, 1.165) is 67.8 Å². The zero-order valence-corrected chi connectivity index (χ0v) is 19.3. The molecule has 1 aromatic carbocycles. The molecule has 4 rings (SSSR count). The van der Waals surface area contributed by atoms with E-state index < -0.39 is 0 Å². The van der Waals surface area contributed by atoms with Crippen molar-refractivity contribution in [3.05, 3.63) is 59.8 Å². The second-order valence-electron chi connectivity index (χ2n) is 8.93. The number of benzene rings is 1. The predicted molar refractivity (Wildman–Crippen MR) is 129 cm³/mol. The molecule has 0 bridgehead atoms. The molecule has 0 spiro atoms. The van der Waals surface area contributed by atoms with Gasteiger partial charge in [-0.05, 0) is 24.3 Å². The Morgan fingerprint density at radius 1 is 1.22 bits per heavy atom. The van der Waals surface area contributed by atoms with Crippen molar-refractivity contribution in [3.8, 4) is 0 Å². The van der Waals surface area contributed by atoms with Crippen LogP contribution in [0.4, 0.5) is 16.6 Å². The van der Waals surface area contributed by atoms with Crippen LogP contribution in [0, 0.1) is 5.92 Å². The summed E-state index contributed by atoms with van der Waals surface area (Å²) >= 11 is 0. The molecule has 2 amide bonds. The van der Waals surface area contributed by atoms with Gasteiger partial charge < -0.3 is 20.0 Å². The molecular weight excluding hydrogens is 400 g/mol. The van der Waals surface area contributed by atoms with E-state index in [9.17, 15) is 4.79 Å². The molecule has 0 saturated carbocycles. The van der Waals surface area contributed by atoms with Gasteiger partial charge in [-0.2, -0.15) is 4.98 Å². The van der Waals surface area contributed by atoms with E-state index in [0.29, 0.717) is 19.6 Å². The molecule has 2 aliphatic rings. The first kappa shape index (κ1) is 22.1. The number of rotatable bonds is 6. The monoisotopic (exact) mass is 434 g/mol. The van der Waals surface area contributed by atoms with Crippen molar-refractivity contribution in [2.75, 3.05) is 43.0 Å². The van der Waals surface area contributed by atoms with E-state index in [-0.39, 0.29) is 6.03 Å². The number of nitrogens with zero attached hydrogens (tertiary/aromatic N) is 5. The Bertz CT molecular complexity index is 939. The Hall–Kier alpha value is -3.09. The van der Waals surface area contributed by atoms with Crippen molar-refractivity contribution in [1.82, 2.24) is 20.2 Å². The van der Waals surface area contributed by atoms with Crippen LogP contribution in [0.25, 0.3) is 0 Å². The third-order valence-corrected chi connectivity index (χ3v) is 6.40. The molecular formula is C25H34N6O. The number of carbonyl (C=O) groups is 1. The lowest BCUT2D eigenvalue weighted by Crippen LogP contribution is -2.44.